The van der Waals surface area contributed by atoms with E-state index in [0.717, 1.165) is 18.5 Å². The summed E-state index contributed by atoms with van der Waals surface area (Å²) in [4.78, 5) is 21.3. The van der Waals surface area contributed by atoms with Crippen molar-refractivity contribution in [1.82, 2.24) is 9.78 Å². The summed E-state index contributed by atoms with van der Waals surface area (Å²) in [6, 6.07) is 1.83. The molecule has 0 atom stereocenters. The van der Waals surface area contributed by atoms with Gasteiger partial charge in [-0.25, -0.2) is 0 Å². The maximum Gasteiger partial charge on any atom is 0.308 e. The number of hydrogen-bond acceptors (Lipinski definition) is 5. The first-order chi connectivity index (χ1) is 10.1. The number of carbonyl (C=O) groups excluding carboxylic acids is 1. The molecule has 1 aliphatic rings. The second-order valence-corrected chi connectivity index (χ2v) is 4.98. The molecule has 1 aromatic heterocycles. The predicted molar refractivity (Wildman–Crippen MR) is 74.0 cm³/mol. The van der Waals surface area contributed by atoms with E-state index in [4.69, 9.17) is 4.74 Å². The average molecular weight is 291 g/mol. The van der Waals surface area contributed by atoms with Crippen LogP contribution in [-0.4, -0.2) is 33.8 Å². The number of ether oxygens (including phenoxy) is 1. The number of hydrogen-bond donors (Lipinski definition) is 0. The Bertz CT molecular complexity index is 593. The maximum absolute atomic E-state index is 11.6. The van der Waals surface area contributed by atoms with Crippen molar-refractivity contribution in [3.8, 4) is 11.8 Å². The molecule has 0 amide bonds. The van der Waals surface area contributed by atoms with Crippen LogP contribution in [0.1, 0.15) is 31.9 Å². The Morgan fingerprint density at radius 2 is 2.33 bits per heavy atom. The van der Waals surface area contributed by atoms with Crippen molar-refractivity contribution < 1.29 is 14.5 Å². The Labute approximate surface area is 122 Å². The molecule has 7 heteroatoms. The van der Waals surface area contributed by atoms with Gasteiger partial charge in [0.2, 0.25) is 0 Å². The third kappa shape index (κ3) is 4.05. The van der Waals surface area contributed by atoms with Gasteiger partial charge in [0.1, 0.15) is 0 Å². The molecule has 1 aliphatic carbocycles. The summed E-state index contributed by atoms with van der Waals surface area (Å²) in [5, 5.41) is 14.6. The zero-order valence-electron chi connectivity index (χ0n) is 11.9. The standard InChI is InChI=1S/C14H17N3O4/c1-2-21-13(18)11-14(7-8-14)16-10-6-12(15-16)5-3-4-9-17(19)20/h6,10H,2,5,7-9,11H2,1H3. The fourth-order valence-electron chi connectivity index (χ4n) is 2.11. The van der Waals surface area contributed by atoms with Crippen LogP contribution in [0.5, 0.6) is 0 Å². The molecule has 7 nitrogen and oxygen atoms in total. The van der Waals surface area contributed by atoms with Crippen LogP contribution in [0.2, 0.25) is 0 Å². The SMILES string of the molecule is CCOC(=O)CC1(n2ccc(CC#CC[N+](=O)[O-])n2)CC1. The van der Waals surface area contributed by atoms with E-state index in [9.17, 15) is 14.9 Å². The summed E-state index contributed by atoms with van der Waals surface area (Å²) in [5.41, 5.74) is 0.500. The summed E-state index contributed by atoms with van der Waals surface area (Å²) in [6.45, 7) is 1.81. The van der Waals surface area contributed by atoms with Gasteiger partial charge in [0, 0.05) is 11.1 Å². The van der Waals surface area contributed by atoms with Crippen molar-refractivity contribution in [3.63, 3.8) is 0 Å². The van der Waals surface area contributed by atoms with Crippen LogP contribution in [0.25, 0.3) is 0 Å². The summed E-state index contributed by atoms with van der Waals surface area (Å²) in [7, 11) is 0. The van der Waals surface area contributed by atoms with Crippen molar-refractivity contribution >= 4 is 5.97 Å². The molecule has 1 heterocycles. The molecular weight excluding hydrogens is 274 g/mol. The van der Waals surface area contributed by atoms with Gasteiger partial charge in [-0.2, -0.15) is 5.10 Å². The van der Waals surface area contributed by atoms with Crippen LogP contribution in [0, 0.1) is 22.0 Å². The summed E-state index contributed by atoms with van der Waals surface area (Å²) in [6.07, 6.45) is 4.34. The Morgan fingerprint density at radius 3 is 2.95 bits per heavy atom. The van der Waals surface area contributed by atoms with Gasteiger partial charge in [-0.15, -0.1) is 0 Å². The van der Waals surface area contributed by atoms with Gasteiger partial charge >= 0.3 is 5.97 Å². The Hall–Kier alpha value is -2.36. The number of rotatable bonds is 6. The lowest BCUT2D eigenvalue weighted by molar-refractivity contribution is -0.466. The third-order valence-corrected chi connectivity index (χ3v) is 3.34. The van der Waals surface area contributed by atoms with Gasteiger partial charge < -0.3 is 4.74 Å². The van der Waals surface area contributed by atoms with Crippen molar-refractivity contribution in [2.45, 2.75) is 38.1 Å². The molecule has 0 bridgehead atoms. The second-order valence-electron chi connectivity index (χ2n) is 4.98. The maximum atomic E-state index is 11.6. The minimum absolute atomic E-state index is 0.210. The van der Waals surface area contributed by atoms with Gasteiger partial charge in [-0.05, 0) is 31.8 Å². The van der Waals surface area contributed by atoms with Gasteiger partial charge in [0.05, 0.1) is 30.7 Å². The number of aromatic nitrogens is 2. The largest absolute Gasteiger partial charge is 0.466 e. The highest BCUT2D eigenvalue weighted by Crippen LogP contribution is 2.46. The molecule has 1 saturated carbocycles. The van der Waals surface area contributed by atoms with E-state index >= 15 is 0 Å². The third-order valence-electron chi connectivity index (χ3n) is 3.34. The van der Waals surface area contributed by atoms with E-state index in [1.165, 1.54) is 0 Å². The lowest BCUT2D eigenvalue weighted by Crippen LogP contribution is -2.23. The van der Waals surface area contributed by atoms with Crippen molar-refractivity contribution in [2.24, 2.45) is 0 Å². The van der Waals surface area contributed by atoms with Crippen molar-refractivity contribution in [3.05, 3.63) is 28.1 Å². The molecule has 0 saturated heterocycles. The molecule has 0 N–H and O–H groups in total. The molecule has 21 heavy (non-hydrogen) atoms. The molecule has 0 aliphatic heterocycles. The molecular formula is C14H17N3O4. The zero-order chi connectivity index (χ0) is 15.3. The van der Waals surface area contributed by atoms with E-state index in [2.05, 4.69) is 16.9 Å². The minimum atomic E-state index is -0.468. The van der Waals surface area contributed by atoms with Crippen molar-refractivity contribution in [2.75, 3.05) is 13.2 Å². The van der Waals surface area contributed by atoms with Crippen LogP contribution in [-0.2, 0) is 21.5 Å². The first kappa shape index (κ1) is 15.0. The number of nitro groups is 1. The fourth-order valence-corrected chi connectivity index (χ4v) is 2.11. The molecule has 1 fully saturated rings. The number of nitrogens with zero attached hydrogens (tertiary/aromatic N) is 3. The monoisotopic (exact) mass is 291 g/mol. The fraction of sp³-hybridized carbons (Fsp3) is 0.571. The Balaban J connectivity index is 1.94. The van der Waals surface area contributed by atoms with E-state index in [1.54, 1.807) is 11.6 Å². The van der Waals surface area contributed by atoms with Crippen LogP contribution < -0.4 is 0 Å². The molecule has 0 aromatic carbocycles. The second kappa shape index (κ2) is 6.39. The predicted octanol–water partition coefficient (Wildman–Crippen LogP) is 1.15. The first-order valence-electron chi connectivity index (χ1n) is 6.84. The highest BCUT2D eigenvalue weighted by Gasteiger charge is 2.47. The van der Waals surface area contributed by atoms with E-state index in [1.807, 2.05) is 12.3 Å². The lowest BCUT2D eigenvalue weighted by Gasteiger charge is -2.14. The molecule has 2 rings (SSSR count). The first-order valence-corrected chi connectivity index (χ1v) is 6.84. The molecule has 0 radical (unpaired) electrons. The molecule has 1 aromatic rings. The number of esters is 1. The molecule has 112 valence electrons. The van der Waals surface area contributed by atoms with Crippen LogP contribution in [0.15, 0.2) is 12.3 Å². The molecule has 0 spiro atoms. The lowest BCUT2D eigenvalue weighted by atomic mass is 10.2. The van der Waals surface area contributed by atoms with Gasteiger partial charge in [-0.1, -0.05) is 5.92 Å². The van der Waals surface area contributed by atoms with E-state index < -0.39 is 4.92 Å². The van der Waals surface area contributed by atoms with Crippen molar-refractivity contribution in [1.29, 1.82) is 0 Å². The highest BCUT2D eigenvalue weighted by molar-refractivity contribution is 5.71. The summed E-state index contributed by atoms with van der Waals surface area (Å²) < 4.78 is 6.78. The Morgan fingerprint density at radius 1 is 1.57 bits per heavy atom. The quantitative estimate of drug-likeness (QED) is 0.339. The topological polar surface area (TPSA) is 87.3 Å². The summed E-state index contributed by atoms with van der Waals surface area (Å²) >= 11 is 0. The minimum Gasteiger partial charge on any atom is -0.466 e. The van der Waals surface area contributed by atoms with E-state index in [-0.39, 0.29) is 18.1 Å². The van der Waals surface area contributed by atoms with Crippen LogP contribution in [0.3, 0.4) is 0 Å². The van der Waals surface area contributed by atoms with E-state index in [0.29, 0.717) is 19.4 Å². The van der Waals surface area contributed by atoms with Crippen LogP contribution >= 0.6 is 0 Å². The number of carbonyl (C=O) groups is 1. The molecule has 0 unspecified atom stereocenters. The van der Waals surface area contributed by atoms with Crippen LogP contribution in [0.4, 0.5) is 0 Å². The van der Waals surface area contributed by atoms with Gasteiger partial charge in [0.15, 0.2) is 0 Å². The highest BCUT2D eigenvalue weighted by atomic mass is 16.6. The average Bonchev–Trinajstić information content (AvgIpc) is 3.03. The summed E-state index contributed by atoms with van der Waals surface area (Å²) in [5.74, 6) is 4.98. The van der Waals surface area contributed by atoms with Gasteiger partial charge in [-0.3, -0.25) is 19.6 Å². The smallest absolute Gasteiger partial charge is 0.308 e. The zero-order valence-corrected chi connectivity index (χ0v) is 11.9. The van der Waals surface area contributed by atoms with Gasteiger partial charge in [0.25, 0.3) is 6.54 Å². The normalized spacial score (nSPS) is 14.9. The Kier molecular flexibility index (Phi) is 4.58.